The van der Waals surface area contributed by atoms with Crippen molar-refractivity contribution in [1.82, 2.24) is 5.32 Å². The van der Waals surface area contributed by atoms with E-state index in [1.54, 1.807) is 7.11 Å². The van der Waals surface area contributed by atoms with Gasteiger partial charge in [0.1, 0.15) is 5.75 Å². The summed E-state index contributed by atoms with van der Waals surface area (Å²) in [5.74, 6) is 0.904. The Labute approximate surface area is 115 Å². The second-order valence-corrected chi connectivity index (χ2v) is 4.82. The van der Waals surface area contributed by atoms with Gasteiger partial charge in [-0.1, -0.05) is 6.07 Å². The SMILES string of the molecule is COc1c(C)c(C)cc(C)c1CNC(=O)CCCN. The summed E-state index contributed by atoms with van der Waals surface area (Å²) in [7, 11) is 1.67. The highest BCUT2D eigenvalue weighted by Gasteiger charge is 2.13. The van der Waals surface area contributed by atoms with Crippen molar-refractivity contribution in [3.63, 3.8) is 0 Å². The minimum Gasteiger partial charge on any atom is -0.496 e. The van der Waals surface area contributed by atoms with Gasteiger partial charge in [0, 0.05) is 18.5 Å². The molecule has 3 N–H and O–H groups in total. The lowest BCUT2D eigenvalue weighted by atomic mass is 9.99. The number of nitrogens with two attached hydrogens (primary N) is 1. The highest BCUT2D eigenvalue weighted by molar-refractivity contribution is 5.76. The van der Waals surface area contributed by atoms with Gasteiger partial charge in [0.25, 0.3) is 0 Å². The smallest absolute Gasteiger partial charge is 0.220 e. The summed E-state index contributed by atoms with van der Waals surface area (Å²) in [6.45, 7) is 7.18. The van der Waals surface area contributed by atoms with Gasteiger partial charge >= 0.3 is 0 Å². The van der Waals surface area contributed by atoms with Crippen LogP contribution < -0.4 is 15.8 Å². The highest BCUT2D eigenvalue weighted by Crippen LogP contribution is 2.29. The molecule has 0 fully saturated rings. The van der Waals surface area contributed by atoms with Crippen LogP contribution in [0.25, 0.3) is 0 Å². The van der Waals surface area contributed by atoms with Gasteiger partial charge in [0.15, 0.2) is 0 Å². The molecule has 4 heteroatoms. The van der Waals surface area contributed by atoms with Crippen LogP contribution in [0.1, 0.15) is 35.1 Å². The Balaban J connectivity index is 2.83. The molecular weight excluding hydrogens is 240 g/mol. The maximum absolute atomic E-state index is 11.6. The molecule has 0 saturated carbocycles. The number of aryl methyl sites for hydroxylation is 2. The molecule has 0 aliphatic carbocycles. The molecule has 0 heterocycles. The summed E-state index contributed by atoms with van der Waals surface area (Å²) < 4.78 is 5.48. The van der Waals surface area contributed by atoms with Gasteiger partial charge in [0.05, 0.1) is 7.11 Å². The van der Waals surface area contributed by atoms with Gasteiger partial charge in [-0.25, -0.2) is 0 Å². The van der Waals surface area contributed by atoms with Crippen molar-refractivity contribution in [2.75, 3.05) is 13.7 Å². The molecule has 1 aromatic rings. The number of hydrogen-bond donors (Lipinski definition) is 2. The summed E-state index contributed by atoms with van der Waals surface area (Å²) in [6.07, 6.45) is 1.19. The second kappa shape index (κ2) is 7.14. The van der Waals surface area contributed by atoms with Gasteiger partial charge < -0.3 is 15.8 Å². The van der Waals surface area contributed by atoms with Crippen LogP contribution in [-0.4, -0.2) is 19.6 Å². The van der Waals surface area contributed by atoms with E-state index in [1.807, 2.05) is 13.8 Å². The molecule has 1 amide bonds. The molecule has 0 spiro atoms. The van der Waals surface area contributed by atoms with Crippen molar-refractivity contribution in [2.24, 2.45) is 5.73 Å². The Hall–Kier alpha value is -1.55. The lowest BCUT2D eigenvalue weighted by Gasteiger charge is -2.17. The van der Waals surface area contributed by atoms with E-state index in [-0.39, 0.29) is 5.91 Å². The fraction of sp³-hybridized carbons (Fsp3) is 0.533. The topological polar surface area (TPSA) is 64.3 Å². The van der Waals surface area contributed by atoms with Gasteiger partial charge in [0.2, 0.25) is 5.91 Å². The van der Waals surface area contributed by atoms with Crippen LogP contribution in [0.3, 0.4) is 0 Å². The zero-order valence-corrected chi connectivity index (χ0v) is 12.3. The van der Waals surface area contributed by atoms with Crippen LogP contribution >= 0.6 is 0 Å². The first-order chi connectivity index (χ1) is 9.01. The Kier molecular flexibility index (Phi) is 5.83. The number of hydrogen-bond acceptors (Lipinski definition) is 3. The molecule has 0 aromatic heterocycles. The highest BCUT2D eigenvalue weighted by atomic mass is 16.5. The van der Waals surface area contributed by atoms with E-state index in [1.165, 1.54) is 5.56 Å². The fourth-order valence-electron chi connectivity index (χ4n) is 2.14. The molecule has 0 atom stereocenters. The summed E-state index contributed by atoms with van der Waals surface area (Å²) in [5, 5.41) is 2.92. The van der Waals surface area contributed by atoms with Crippen molar-refractivity contribution in [1.29, 1.82) is 0 Å². The molecular formula is C15H24N2O2. The van der Waals surface area contributed by atoms with Gasteiger partial charge in [-0.2, -0.15) is 0 Å². The normalized spacial score (nSPS) is 10.4. The first kappa shape index (κ1) is 15.5. The Bertz CT molecular complexity index is 456. The van der Waals surface area contributed by atoms with E-state index in [2.05, 4.69) is 18.3 Å². The van der Waals surface area contributed by atoms with E-state index in [9.17, 15) is 4.79 Å². The van der Waals surface area contributed by atoms with Crippen LogP contribution in [0.5, 0.6) is 5.75 Å². The molecule has 0 unspecified atom stereocenters. The van der Waals surface area contributed by atoms with Crippen molar-refractivity contribution in [3.8, 4) is 5.75 Å². The van der Waals surface area contributed by atoms with E-state index >= 15 is 0 Å². The van der Waals surface area contributed by atoms with Gasteiger partial charge in [-0.15, -0.1) is 0 Å². The summed E-state index contributed by atoms with van der Waals surface area (Å²) >= 11 is 0. The predicted molar refractivity (Wildman–Crippen MR) is 77.3 cm³/mol. The van der Waals surface area contributed by atoms with Gasteiger partial charge in [-0.05, 0) is 50.4 Å². The number of carbonyl (C=O) groups excluding carboxylic acids is 1. The molecule has 0 saturated heterocycles. The van der Waals surface area contributed by atoms with Crippen molar-refractivity contribution >= 4 is 5.91 Å². The molecule has 1 rings (SSSR count). The third-order valence-electron chi connectivity index (χ3n) is 3.39. The van der Waals surface area contributed by atoms with Crippen LogP contribution in [-0.2, 0) is 11.3 Å². The molecule has 19 heavy (non-hydrogen) atoms. The zero-order valence-electron chi connectivity index (χ0n) is 12.3. The number of rotatable bonds is 6. The maximum Gasteiger partial charge on any atom is 0.220 e. The number of amides is 1. The molecule has 106 valence electrons. The second-order valence-electron chi connectivity index (χ2n) is 4.82. The summed E-state index contributed by atoms with van der Waals surface area (Å²) in [6, 6.07) is 2.12. The largest absolute Gasteiger partial charge is 0.496 e. The number of benzene rings is 1. The van der Waals surface area contributed by atoms with Crippen LogP contribution in [0.4, 0.5) is 0 Å². The van der Waals surface area contributed by atoms with E-state index in [4.69, 9.17) is 10.5 Å². The monoisotopic (exact) mass is 264 g/mol. The molecule has 0 bridgehead atoms. The summed E-state index contributed by atoms with van der Waals surface area (Å²) in [5.41, 5.74) is 9.90. The van der Waals surface area contributed by atoms with Crippen LogP contribution in [0, 0.1) is 20.8 Å². The molecule has 0 radical (unpaired) electrons. The minimum atomic E-state index is 0.0325. The predicted octanol–water partition coefficient (Wildman–Crippen LogP) is 1.98. The number of carbonyl (C=O) groups is 1. The quantitative estimate of drug-likeness (QED) is 0.825. The average molecular weight is 264 g/mol. The summed E-state index contributed by atoms with van der Waals surface area (Å²) in [4.78, 5) is 11.6. The van der Waals surface area contributed by atoms with Crippen LogP contribution in [0.2, 0.25) is 0 Å². The molecule has 1 aromatic carbocycles. The van der Waals surface area contributed by atoms with E-state index < -0.39 is 0 Å². The number of nitrogens with one attached hydrogen (secondary N) is 1. The number of methoxy groups -OCH3 is 1. The average Bonchev–Trinajstić information content (AvgIpc) is 2.38. The maximum atomic E-state index is 11.6. The molecule has 4 nitrogen and oxygen atoms in total. The number of ether oxygens (including phenoxy) is 1. The standard InChI is InChI=1S/C15H24N2O2/c1-10-8-11(2)13(15(19-4)12(10)3)9-17-14(18)6-5-7-16/h8H,5-7,9,16H2,1-4H3,(H,17,18). The fourth-order valence-corrected chi connectivity index (χ4v) is 2.14. The lowest BCUT2D eigenvalue weighted by molar-refractivity contribution is -0.121. The first-order valence-corrected chi connectivity index (χ1v) is 6.61. The Morgan fingerprint density at radius 1 is 1.32 bits per heavy atom. The Morgan fingerprint density at radius 3 is 2.58 bits per heavy atom. The third kappa shape index (κ3) is 3.96. The molecule has 0 aliphatic rings. The van der Waals surface area contributed by atoms with E-state index in [0.29, 0.717) is 19.5 Å². The van der Waals surface area contributed by atoms with E-state index in [0.717, 1.165) is 28.9 Å². The third-order valence-corrected chi connectivity index (χ3v) is 3.39. The Morgan fingerprint density at radius 2 is 2.00 bits per heavy atom. The van der Waals surface area contributed by atoms with Crippen molar-refractivity contribution < 1.29 is 9.53 Å². The van der Waals surface area contributed by atoms with Gasteiger partial charge in [-0.3, -0.25) is 4.79 Å². The van der Waals surface area contributed by atoms with Crippen LogP contribution in [0.15, 0.2) is 6.07 Å². The zero-order chi connectivity index (χ0) is 14.4. The van der Waals surface area contributed by atoms with Crippen molar-refractivity contribution in [3.05, 3.63) is 28.3 Å². The van der Waals surface area contributed by atoms with Crippen molar-refractivity contribution in [2.45, 2.75) is 40.2 Å². The lowest BCUT2D eigenvalue weighted by Crippen LogP contribution is -2.24. The molecule has 0 aliphatic heterocycles. The minimum absolute atomic E-state index is 0.0325. The first-order valence-electron chi connectivity index (χ1n) is 6.61.